The zero-order chi connectivity index (χ0) is 26.6. The van der Waals surface area contributed by atoms with Crippen molar-refractivity contribution in [2.24, 2.45) is 0 Å². The van der Waals surface area contributed by atoms with E-state index in [1.165, 1.54) is 37.1 Å². The summed E-state index contributed by atoms with van der Waals surface area (Å²) in [6.45, 7) is 2.47. The molecule has 1 N–H and O–H groups in total. The van der Waals surface area contributed by atoms with E-state index in [0.717, 1.165) is 12.8 Å². The summed E-state index contributed by atoms with van der Waals surface area (Å²) in [6.07, 6.45) is -6.86. The summed E-state index contributed by atoms with van der Waals surface area (Å²) >= 11 is 6.04. The van der Waals surface area contributed by atoms with Gasteiger partial charge in [-0.25, -0.2) is 19.0 Å². The van der Waals surface area contributed by atoms with Gasteiger partial charge < -0.3 is 5.32 Å². The second-order valence-corrected chi connectivity index (χ2v) is 8.83. The van der Waals surface area contributed by atoms with Crippen LogP contribution in [0.1, 0.15) is 40.0 Å². The number of nitrogens with zero attached hydrogens (tertiary/aromatic N) is 4. The molecule has 2 aromatic heterocycles. The van der Waals surface area contributed by atoms with Gasteiger partial charge in [0.2, 0.25) is 0 Å². The highest BCUT2D eigenvalue weighted by Gasteiger charge is 2.73. The van der Waals surface area contributed by atoms with Crippen LogP contribution >= 0.6 is 11.6 Å². The van der Waals surface area contributed by atoms with Gasteiger partial charge in [-0.05, 0) is 37.8 Å². The van der Waals surface area contributed by atoms with Crippen LogP contribution in [0.2, 0.25) is 5.02 Å². The summed E-state index contributed by atoms with van der Waals surface area (Å²) in [5, 5.41) is 6.87. The fourth-order valence-corrected chi connectivity index (χ4v) is 3.89. The Morgan fingerprint density at radius 2 is 1.61 bits per heavy atom. The number of hydrogen-bond donors (Lipinski definition) is 1. The van der Waals surface area contributed by atoms with Crippen LogP contribution in [0, 0.1) is 13.8 Å². The van der Waals surface area contributed by atoms with Crippen molar-refractivity contribution in [3.63, 3.8) is 0 Å². The first-order valence-corrected chi connectivity index (χ1v) is 10.8. The van der Waals surface area contributed by atoms with Gasteiger partial charge in [0.05, 0.1) is 28.7 Å². The number of rotatable bonds is 5. The Morgan fingerprint density at radius 3 is 2.14 bits per heavy atom. The first-order valence-electron chi connectivity index (χ1n) is 10.5. The lowest BCUT2D eigenvalue weighted by Crippen LogP contribution is -2.50. The van der Waals surface area contributed by atoms with Gasteiger partial charge in [0, 0.05) is 17.8 Å². The number of amides is 1. The zero-order valence-electron chi connectivity index (χ0n) is 18.6. The van der Waals surface area contributed by atoms with E-state index >= 15 is 0 Å². The third-order valence-corrected chi connectivity index (χ3v) is 5.89. The van der Waals surface area contributed by atoms with Crippen molar-refractivity contribution in [3.05, 3.63) is 58.1 Å². The molecule has 1 fully saturated rings. The topological polar surface area (TPSA) is 72.7 Å². The SMILES string of the molecule is Cc1cc(C(F)(C(F)(F)F)C(F)(F)F)cc(C)c1-n1cc(-c2ncc(Cl)c(C(=O)NC3CC3)n2)cn1. The molecule has 0 spiro atoms. The van der Waals surface area contributed by atoms with Crippen molar-refractivity contribution < 1.29 is 35.5 Å². The molecule has 1 aromatic carbocycles. The molecular formula is C22H17ClF7N5O. The minimum Gasteiger partial charge on any atom is -0.348 e. The molecule has 0 bridgehead atoms. The number of hydrogen-bond acceptors (Lipinski definition) is 4. The van der Waals surface area contributed by atoms with Crippen LogP contribution < -0.4 is 5.32 Å². The monoisotopic (exact) mass is 535 g/mol. The van der Waals surface area contributed by atoms with Gasteiger partial charge in [0.1, 0.15) is 0 Å². The molecule has 1 aliphatic carbocycles. The maximum Gasteiger partial charge on any atom is 0.435 e. The summed E-state index contributed by atoms with van der Waals surface area (Å²) in [4.78, 5) is 20.6. The number of aryl methyl sites for hydroxylation is 2. The lowest BCUT2D eigenvalue weighted by atomic mass is 9.90. The van der Waals surface area contributed by atoms with E-state index in [-0.39, 0.29) is 39.4 Å². The van der Waals surface area contributed by atoms with Crippen LogP contribution in [0.25, 0.3) is 17.1 Å². The summed E-state index contributed by atoms with van der Waals surface area (Å²) in [6, 6.07) is 1.04. The summed E-state index contributed by atoms with van der Waals surface area (Å²) in [5.74, 6) is -0.416. The Bertz CT molecular complexity index is 1290. The first-order chi connectivity index (χ1) is 16.6. The molecule has 2 heterocycles. The van der Waals surface area contributed by atoms with Crippen molar-refractivity contribution in [1.82, 2.24) is 25.1 Å². The molecule has 1 amide bonds. The maximum absolute atomic E-state index is 14.5. The zero-order valence-corrected chi connectivity index (χ0v) is 19.4. The van der Waals surface area contributed by atoms with Crippen molar-refractivity contribution in [3.8, 4) is 17.1 Å². The molecule has 36 heavy (non-hydrogen) atoms. The number of alkyl halides is 7. The van der Waals surface area contributed by atoms with Gasteiger partial charge >= 0.3 is 18.0 Å². The fourth-order valence-electron chi connectivity index (χ4n) is 3.71. The minimum atomic E-state index is -6.22. The Hall–Kier alpha value is -3.22. The maximum atomic E-state index is 14.5. The first kappa shape index (κ1) is 25.9. The third-order valence-electron chi connectivity index (χ3n) is 5.61. The molecule has 0 radical (unpaired) electrons. The predicted molar refractivity (Wildman–Crippen MR) is 114 cm³/mol. The number of aromatic nitrogens is 4. The lowest BCUT2D eigenvalue weighted by molar-refractivity contribution is -0.348. The van der Waals surface area contributed by atoms with Gasteiger partial charge in [-0.15, -0.1) is 0 Å². The Labute approximate surface area is 204 Å². The largest absolute Gasteiger partial charge is 0.435 e. The molecule has 192 valence electrons. The molecule has 0 unspecified atom stereocenters. The normalized spacial score (nSPS) is 14.7. The molecule has 0 saturated heterocycles. The number of nitrogens with one attached hydrogen (secondary N) is 1. The van der Waals surface area contributed by atoms with E-state index in [4.69, 9.17) is 11.6 Å². The van der Waals surface area contributed by atoms with Crippen molar-refractivity contribution in [2.75, 3.05) is 0 Å². The number of halogens is 8. The molecule has 4 rings (SSSR count). The van der Waals surface area contributed by atoms with Gasteiger partial charge in [0.25, 0.3) is 5.91 Å². The quantitative estimate of drug-likeness (QED) is 0.420. The number of carbonyl (C=O) groups excluding carboxylic acids is 1. The Balaban J connectivity index is 1.71. The molecular weight excluding hydrogens is 519 g/mol. The van der Waals surface area contributed by atoms with E-state index in [1.807, 2.05) is 0 Å². The molecule has 1 aliphatic rings. The highest BCUT2D eigenvalue weighted by molar-refractivity contribution is 6.33. The minimum absolute atomic E-state index is 0.0237. The van der Waals surface area contributed by atoms with E-state index in [9.17, 15) is 35.5 Å². The molecule has 0 atom stereocenters. The van der Waals surface area contributed by atoms with Crippen LogP contribution in [-0.4, -0.2) is 44.1 Å². The average molecular weight is 536 g/mol. The van der Waals surface area contributed by atoms with Gasteiger partial charge in [-0.3, -0.25) is 4.79 Å². The second-order valence-electron chi connectivity index (χ2n) is 8.42. The van der Waals surface area contributed by atoms with Crippen LogP contribution in [0.4, 0.5) is 30.7 Å². The van der Waals surface area contributed by atoms with E-state index < -0.39 is 29.5 Å². The summed E-state index contributed by atoms with van der Waals surface area (Å²) in [7, 11) is 0. The van der Waals surface area contributed by atoms with Crippen LogP contribution in [0.3, 0.4) is 0 Å². The Morgan fingerprint density at radius 1 is 1.03 bits per heavy atom. The Kier molecular flexibility index (Phi) is 6.26. The number of carbonyl (C=O) groups is 1. The highest BCUT2D eigenvalue weighted by atomic mass is 35.5. The second kappa shape index (κ2) is 8.71. The van der Waals surface area contributed by atoms with Crippen molar-refractivity contribution in [2.45, 2.75) is 50.8 Å². The smallest absolute Gasteiger partial charge is 0.348 e. The third kappa shape index (κ3) is 4.51. The molecule has 14 heteroatoms. The summed E-state index contributed by atoms with van der Waals surface area (Å²) in [5.41, 5.74) is -6.93. The van der Waals surface area contributed by atoms with Gasteiger partial charge in [-0.1, -0.05) is 23.7 Å². The van der Waals surface area contributed by atoms with Crippen LogP contribution in [0.5, 0.6) is 0 Å². The standard InChI is InChI=1S/C22H17ClF7N5O/c1-10-5-13(20(24,21(25,26)27)22(28,29)30)6-11(2)17(10)35-9-12(7-32-35)18-31-8-15(23)16(34-18)19(36)33-14-3-4-14/h5-9,14H,3-4H2,1-2H3,(H,33,36). The van der Waals surface area contributed by atoms with Gasteiger partial charge in [-0.2, -0.15) is 31.4 Å². The molecule has 3 aromatic rings. The van der Waals surface area contributed by atoms with Crippen LogP contribution in [-0.2, 0) is 5.67 Å². The average Bonchev–Trinajstić information content (AvgIpc) is 3.44. The van der Waals surface area contributed by atoms with E-state index in [1.54, 1.807) is 0 Å². The fraction of sp³-hybridized carbons (Fsp3) is 0.364. The number of benzene rings is 1. The highest BCUT2D eigenvalue weighted by Crippen LogP contribution is 2.53. The van der Waals surface area contributed by atoms with E-state index in [0.29, 0.717) is 17.7 Å². The predicted octanol–water partition coefficient (Wildman–Crippen LogP) is 5.78. The molecule has 0 aliphatic heterocycles. The van der Waals surface area contributed by atoms with E-state index in [2.05, 4.69) is 20.4 Å². The summed E-state index contributed by atoms with van der Waals surface area (Å²) < 4.78 is 94.9. The van der Waals surface area contributed by atoms with Crippen molar-refractivity contribution in [1.29, 1.82) is 0 Å². The van der Waals surface area contributed by atoms with Crippen LogP contribution in [0.15, 0.2) is 30.7 Å². The van der Waals surface area contributed by atoms with Gasteiger partial charge in [0.15, 0.2) is 11.5 Å². The van der Waals surface area contributed by atoms with Crippen molar-refractivity contribution >= 4 is 17.5 Å². The molecule has 6 nitrogen and oxygen atoms in total. The lowest BCUT2D eigenvalue weighted by Gasteiger charge is -2.31. The molecule has 1 saturated carbocycles.